The number of carbonyl (C=O) groups is 1. The summed E-state index contributed by atoms with van der Waals surface area (Å²) in [6.45, 7) is 6.00. The number of ketones is 1. The van der Waals surface area contributed by atoms with Crippen LogP contribution in [0.3, 0.4) is 0 Å². The van der Waals surface area contributed by atoms with Gasteiger partial charge in [0.2, 0.25) is 0 Å². The van der Waals surface area contributed by atoms with Gasteiger partial charge in [0, 0.05) is 12.8 Å². The molecule has 0 spiro atoms. The molecule has 0 aromatic heterocycles. The zero-order valence-corrected chi connectivity index (χ0v) is 20.9. The maximum absolute atomic E-state index is 11.7. The highest BCUT2D eigenvalue weighted by atomic mass is 16.1. The van der Waals surface area contributed by atoms with E-state index in [0.29, 0.717) is 5.78 Å². The van der Waals surface area contributed by atoms with Gasteiger partial charge >= 0.3 is 0 Å². The molecule has 0 saturated heterocycles. The van der Waals surface area contributed by atoms with Gasteiger partial charge in [-0.05, 0) is 19.3 Å². The van der Waals surface area contributed by atoms with Crippen molar-refractivity contribution in [3.8, 4) is 0 Å². The Labute approximate surface area is 190 Å². The van der Waals surface area contributed by atoms with E-state index in [1.165, 1.54) is 128 Å². The van der Waals surface area contributed by atoms with E-state index in [-0.39, 0.29) is 0 Å². The average molecular weight is 421 g/mol. The van der Waals surface area contributed by atoms with Crippen molar-refractivity contribution in [2.75, 3.05) is 0 Å². The van der Waals surface area contributed by atoms with Crippen LogP contribution in [0.25, 0.3) is 0 Å². The molecule has 0 amide bonds. The molecular formula is C29H56O. The highest BCUT2D eigenvalue weighted by Crippen LogP contribution is 2.15. The smallest absolute Gasteiger partial charge is 0.132 e. The fourth-order valence-corrected chi connectivity index (χ4v) is 4.32. The van der Waals surface area contributed by atoms with Crippen molar-refractivity contribution in [1.82, 2.24) is 0 Å². The number of hydrogen-bond donors (Lipinski definition) is 0. The summed E-state index contributed by atoms with van der Waals surface area (Å²) in [6, 6.07) is 0. The van der Waals surface area contributed by atoms with Crippen molar-refractivity contribution in [3.05, 3.63) is 12.7 Å². The largest absolute Gasteiger partial charge is 0.300 e. The zero-order valence-electron chi connectivity index (χ0n) is 20.9. The molecule has 0 N–H and O–H groups in total. The Morgan fingerprint density at radius 2 is 0.800 bits per heavy atom. The van der Waals surface area contributed by atoms with Gasteiger partial charge in [-0.3, -0.25) is 4.79 Å². The van der Waals surface area contributed by atoms with Gasteiger partial charge in [0.05, 0.1) is 0 Å². The maximum atomic E-state index is 11.7. The Morgan fingerprint density at radius 1 is 0.500 bits per heavy atom. The highest BCUT2D eigenvalue weighted by molar-refractivity contribution is 5.78. The minimum Gasteiger partial charge on any atom is -0.300 e. The summed E-state index contributed by atoms with van der Waals surface area (Å²) in [4.78, 5) is 11.7. The normalized spacial score (nSPS) is 11.1. The topological polar surface area (TPSA) is 17.1 Å². The van der Waals surface area contributed by atoms with Gasteiger partial charge in [-0.25, -0.2) is 0 Å². The minimum absolute atomic E-state index is 0.453. The third-order valence-electron chi connectivity index (χ3n) is 6.42. The molecule has 0 bridgehead atoms. The van der Waals surface area contributed by atoms with E-state index < -0.39 is 0 Å². The molecule has 0 heterocycles. The second kappa shape index (κ2) is 26.4. The van der Waals surface area contributed by atoms with Crippen LogP contribution in [-0.2, 0) is 4.79 Å². The third kappa shape index (κ3) is 25.4. The van der Waals surface area contributed by atoms with Gasteiger partial charge < -0.3 is 0 Å². The van der Waals surface area contributed by atoms with Gasteiger partial charge in [0.15, 0.2) is 0 Å². The lowest BCUT2D eigenvalue weighted by Crippen LogP contribution is -1.97. The first-order valence-corrected chi connectivity index (χ1v) is 13.9. The van der Waals surface area contributed by atoms with Crippen LogP contribution in [0.15, 0.2) is 12.7 Å². The van der Waals surface area contributed by atoms with Crippen LogP contribution < -0.4 is 0 Å². The van der Waals surface area contributed by atoms with E-state index in [2.05, 4.69) is 13.5 Å². The first-order chi connectivity index (χ1) is 14.8. The van der Waals surface area contributed by atoms with Crippen molar-refractivity contribution in [1.29, 1.82) is 0 Å². The van der Waals surface area contributed by atoms with Crippen LogP contribution in [0.1, 0.15) is 167 Å². The molecule has 0 aromatic rings. The Balaban J connectivity index is 3.06. The SMILES string of the molecule is C=CCCCC(=O)CCCCCCCCCCCCCCCCCCCCCCC. The Hall–Kier alpha value is -0.590. The van der Waals surface area contributed by atoms with Gasteiger partial charge in [-0.2, -0.15) is 0 Å². The highest BCUT2D eigenvalue weighted by Gasteiger charge is 2.01. The predicted octanol–water partition coefficient (Wildman–Crippen LogP) is 10.5. The predicted molar refractivity (Wildman–Crippen MR) is 136 cm³/mol. The lowest BCUT2D eigenvalue weighted by atomic mass is 10.0. The van der Waals surface area contributed by atoms with Crippen molar-refractivity contribution >= 4 is 5.78 Å². The van der Waals surface area contributed by atoms with E-state index in [4.69, 9.17) is 0 Å². The van der Waals surface area contributed by atoms with E-state index in [0.717, 1.165) is 32.1 Å². The molecule has 0 fully saturated rings. The summed E-state index contributed by atoms with van der Waals surface area (Å²) in [5.41, 5.74) is 0. The number of allylic oxidation sites excluding steroid dienone is 1. The van der Waals surface area contributed by atoms with Gasteiger partial charge in [-0.1, -0.05) is 141 Å². The Kier molecular flexibility index (Phi) is 25.9. The molecule has 0 saturated carbocycles. The molecule has 30 heavy (non-hydrogen) atoms. The van der Waals surface area contributed by atoms with Crippen LogP contribution in [0, 0.1) is 0 Å². The molecule has 1 heteroatoms. The van der Waals surface area contributed by atoms with Crippen LogP contribution >= 0.6 is 0 Å². The zero-order chi connectivity index (χ0) is 22.0. The molecule has 0 aliphatic rings. The molecular weight excluding hydrogens is 364 g/mol. The summed E-state index contributed by atoms with van der Waals surface area (Å²) in [6.07, 6.45) is 35.0. The fraction of sp³-hybridized carbons (Fsp3) is 0.897. The fourth-order valence-electron chi connectivity index (χ4n) is 4.32. The van der Waals surface area contributed by atoms with Crippen LogP contribution in [0.4, 0.5) is 0 Å². The standard InChI is InChI=1S/C29H56O/c1-3-5-7-8-9-10-11-12-13-14-15-16-17-18-19-20-21-22-23-24-26-28-29(30)27-25-6-4-2/h4H,2-3,5-28H2,1H3. The second-order valence-electron chi connectivity index (χ2n) is 9.54. The van der Waals surface area contributed by atoms with Crippen molar-refractivity contribution in [2.45, 2.75) is 167 Å². The van der Waals surface area contributed by atoms with Gasteiger partial charge in [0.25, 0.3) is 0 Å². The summed E-state index contributed by atoms with van der Waals surface area (Å²) in [5.74, 6) is 0.453. The summed E-state index contributed by atoms with van der Waals surface area (Å²) < 4.78 is 0. The van der Waals surface area contributed by atoms with Gasteiger partial charge in [0.1, 0.15) is 5.78 Å². The number of Topliss-reactive ketones (excluding diaryl/α,β-unsaturated/α-hetero) is 1. The van der Waals surface area contributed by atoms with E-state index in [1.807, 2.05) is 6.08 Å². The molecule has 1 nitrogen and oxygen atoms in total. The monoisotopic (exact) mass is 420 g/mol. The first-order valence-electron chi connectivity index (χ1n) is 13.9. The van der Waals surface area contributed by atoms with Crippen molar-refractivity contribution < 1.29 is 4.79 Å². The summed E-state index contributed by atoms with van der Waals surface area (Å²) >= 11 is 0. The van der Waals surface area contributed by atoms with E-state index >= 15 is 0 Å². The molecule has 0 radical (unpaired) electrons. The third-order valence-corrected chi connectivity index (χ3v) is 6.42. The molecule has 178 valence electrons. The Morgan fingerprint density at radius 3 is 1.13 bits per heavy atom. The molecule has 0 unspecified atom stereocenters. The summed E-state index contributed by atoms with van der Waals surface area (Å²) in [5, 5.41) is 0. The van der Waals surface area contributed by atoms with E-state index in [9.17, 15) is 4.79 Å². The molecule has 0 rings (SSSR count). The van der Waals surface area contributed by atoms with Crippen molar-refractivity contribution in [2.24, 2.45) is 0 Å². The lowest BCUT2D eigenvalue weighted by molar-refractivity contribution is -0.119. The lowest BCUT2D eigenvalue weighted by Gasteiger charge is -2.04. The number of carbonyl (C=O) groups excluding carboxylic acids is 1. The molecule has 0 aliphatic heterocycles. The summed E-state index contributed by atoms with van der Waals surface area (Å²) in [7, 11) is 0. The molecule has 0 aliphatic carbocycles. The quantitative estimate of drug-likeness (QED) is 0.100. The maximum Gasteiger partial charge on any atom is 0.132 e. The van der Waals surface area contributed by atoms with Gasteiger partial charge in [-0.15, -0.1) is 6.58 Å². The first kappa shape index (κ1) is 29.4. The van der Waals surface area contributed by atoms with E-state index in [1.54, 1.807) is 0 Å². The van der Waals surface area contributed by atoms with Crippen LogP contribution in [0.2, 0.25) is 0 Å². The molecule has 0 aromatic carbocycles. The number of unbranched alkanes of at least 4 members (excludes halogenated alkanes) is 21. The van der Waals surface area contributed by atoms with Crippen LogP contribution in [0.5, 0.6) is 0 Å². The number of rotatable bonds is 26. The molecule has 0 atom stereocenters. The Bertz CT molecular complexity index is 346. The second-order valence-corrected chi connectivity index (χ2v) is 9.54. The van der Waals surface area contributed by atoms with Crippen molar-refractivity contribution in [3.63, 3.8) is 0 Å². The number of hydrogen-bond acceptors (Lipinski definition) is 1. The van der Waals surface area contributed by atoms with Crippen LogP contribution in [-0.4, -0.2) is 5.78 Å². The average Bonchev–Trinajstić information content (AvgIpc) is 2.75. The minimum atomic E-state index is 0.453.